The minimum atomic E-state index is 1.02. The van der Waals surface area contributed by atoms with Crippen molar-refractivity contribution < 1.29 is 0 Å². The topological polar surface area (TPSA) is 0 Å². The molecule has 1 aromatic heterocycles. The Morgan fingerprint density at radius 1 is 0.808 bits per heavy atom. The van der Waals surface area contributed by atoms with E-state index in [2.05, 4.69) is 86.3 Å². The second-order valence-corrected chi connectivity index (χ2v) is 7.38. The van der Waals surface area contributed by atoms with Crippen LogP contribution in [0.1, 0.15) is 18.1 Å². The molecule has 0 atom stereocenters. The second kappa shape index (κ2) is 7.15. The van der Waals surface area contributed by atoms with Gasteiger partial charge in [0, 0.05) is 20.2 Å². The van der Waals surface area contributed by atoms with E-state index in [0.29, 0.717) is 0 Å². The van der Waals surface area contributed by atoms with Gasteiger partial charge in [0.1, 0.15) is 0 Å². The number of hydrogen-bond acceptors (Lipinski definition) is 1. The van der Waals surface area contributed by atoms with Crippen molar-refractivity contribution in [2.45, 2.75) is 6.92 Å². The molecule has 1 heterocycles. The summed E-state index contributed by atoms with van der Waals surface area (Å²) < 4.78 is 2.67. The molecule has 0 unspecified atom stereocenters. The average molecular weight is 353 g/mol. The molecule has 0 aliphatic carbocycles. The van der Waals surface area contributed by atoms with E-state index in [-0.39, 0.29) is 0 Å². The minimum Gasteiger partial charge on any atom is -0.135 e. The highest BCUT2D eigenvalue weighted by atomic mass is 32.1. The Morgan fingerprint density at radius 2 is 1.54 bits per heavy atom. The van der Waals surface area contributed by atoms with Gasteiger partial charge in [-0.1, -0.05) is 73.3 Å². The van der Waals surface area contributed by atoms with E-state index in [1.165, 1.54) is 31.3 Å². The van der Waals surface area contributed by atoms with E-state index in [1.807, 2.05) is 29.5 Å². The van der Waals surface area contributed by atoms with E-state index in [0.717, 1.165) is 11.1 Å². The van der Waals surface area contributed by atoms with Crippen LogP contribution in [-0.2, 0) is 0 Å². The van der Waals surface area contributed by atoms with Gasteiger partial charge < -0.3 is 0 Å². The summed E-state index contributed by atoms with van der Waals surface area (Å²) in [5, 5.41) is 2.65. The number of thiophene rings is 1. The lowest BCUT2D eigenvalue weighted by atomic mass is 9.98. The first-order valence-corrected chi connectivity index (χ1v) is 9.58. The highest BCUT2D eigenvalue weighted by molar-refractivity contribution is 7.25. The number of fused-ring (bicyclic) bond motifs is 3. The smallest absolute Gasteiger partial charge is 0.0355 e. The molecule has 4 aromatic rings. The molecular weight excluding hydrogens is 332 g/mol. The summed E-state index contributed by atoms with van der Waals surface area (Å²) in [5.41, 5.74) is 4.57. The van der Waals surface area contributed by atoms with Crippen LogP contribution in [0.5, 0.6) is 0 Å². The molecule has 0 aliphatic rings. The zero-order valence-corrected chi connectivity index (χ0v) is 15.6. The quantitative estimate of drug-likeness (QED) is 0.330. The molecule has 0 amide bonds. The zero-order chi connectivity index (χ0) is 17.9. The van der Waals surface area contributed by atoms with Crippen molar-refractivity contribution >= 4 is 42.7 Å². The SMILES string of the molecule is C=C(/C=C(\C=C/C)c1ccc2sc3ccccc3c2c1)c1ccccc1. The maximum atomic E-state index is 4.27. The molecule has 0 fully saturated rings. The molecule has 0 bridgehead atoms. The normalized spacial score (nSPS) is 12.3. The van der Waals surface area contributed by atoms with Gasteiger partial charge in [-0.2, -0.15) is 0 Å². The van der Waals surface area contributed by atoms with E-state index >= 15 is 0 Å². The third-order valence-electron chi connectivity index (χ3n) is 4.53. The summed E-state index contributed by atoms with van der Waals surface area (Å²) in [6, 6.07) is 25.7. The maximum Gasteiger partial charge on any atom is 0.0355 e. The average Bonchev–Trinajstić information content (AvgIpc) is 3.06. The van der Waals surface area contributed by atoms with Crippen molar-refractivity contribution in [2.75, 3.05) is 0 Å². The van der Waals surface area contributed by atoms with Gasteiger partial charge >= 0.3 is 0 Å². The van der Waals surface area contributed by atoms with Crippen LogP contribution >= 0.6 is 11.3 Å². The zero-order valence-electron chi connectivity index (χ0n) is 14.8. The Balaban J connectivity index is 1.83. The lowest BCUT2D eigenvalue weighted by Gasteiger charge is -2.07. The van der Waals surface area contributed by atoms with Crippen LogP contribution in [0.3, 0.4) is 0 Å². The predicted molar refractivity (Wildman–Crippen MR) is 118 cm³/mol. The predicted octanol–water partition coefficient (Wildman–Crippen LogP) is 7.73. The molecule has 0 spiro atoms. The van der Waals surface area contributed by atoms with Crippen LogP contribution in [-0.4, -0.2) is 0 Å². The summed E-state index contributed by atoms with van der Waals surface area (Å²) in [7, 11) is 0. The lowest BCUT2D eigenvalue weighted by Crippen LogP contribution is -1.84. The first-order valence-electron chi connectivity index (χ1n) is 8.76. The van der Waals surface area contributed by atoms with Crippen LogP contribution in [0.2, 0.25) is 0 Å². The van der Waals surface area contributed by atoms with Crippen LogP contribution in [0.25, 0.3) is 31.3 Å². The fraction of sp³-hybridized carbons (Fsp3) is 0.0400. The van der Waals surface area contributed by atoms with Gasteiger partial charge in [0.25, 0.3) is 0 Å². The highest BCUT2D eigenvalue weighted by Gasteiger charge is 2.07. The molecule has 126 valence electrons. The van der Waals surface area contributed by atoms with E-state index in [9.17, 15) is 0 Å². The fourth-order valence-corrected chi connectivity index (χ4v) is 4.32. The van der Waals surface area contributed by atoms with Crippen molar-refractivity contribution in [1.82, 2.24) is 0 Å². The molecule has 1 heteroatoms. The van der Waals surface area contributed by atoms with Crippen LogP contribution in [0.15, 0.2) is 97.6 Å². The molecular formula is C25H20S. The van der Waals surface area contributed by atoms with Gasteiger partial charge in [0.15, 0.2) is 0 Å². The third-order valence-corrected chi connectivity index (χ3v) is 5.68. The Bertz CT molecular complexity index is 1140. The first kappa shape index (κ1) is 16.6. The van der Waals surface area contributed by atoms with E-state index in [4.69, 9.17) is 0 Å². The number of rotatable bonds is 4. The molecule has 0 aliphatic heterocycles. The van der Waals surface area contributed by atoms with Crippen molar-refractivity contribution in [3.05, 3.63) is 109 Å². The summed E-state index contributed by atoms with van der Waals surface area (Å²) in [6.45, 7) is 6.32. The molecule has 0 saturated carbocycles. The van der Waals surface area contributed by atoms with Gasteiger partial charge in [-0.25, -0.2) is 0 Å². The van der Waals surface area contributed by atoms with Crippen molar-refractivity contribution in [1.29, 1.82) is 0 Å². The maximum absolute atomic E-state index is 4.27. The van der Waals surface area contributed by atoms with Crippen LogP contribution in [0, 0.1) is 0 Å². The highest BCUT2D eigenvalue weighted by Crippen LogP contribution is 2.35. The molecule has 26 heavy (non-hydrogen) atoms. The van der Waals surface area contributed by atoms with Crippen LogP contribution in [0.4, 0.5) is 0 Å². The molecule has 0 radical (unpaired) electrons. The van der Waals surface area contributed by atoms with Gasteiger partial charge in [-0.05, 0) is 53.5 Å². The van der Waals surface area contributed by atoms with Crippen molar-refractivity contribution in [3.8, 4) is 0 Å². The lowest BCUT2D eigenvalue weighted by molar-refractivity contribution is 1.61. The van der Waals surface area contributed by atoms with Crippen LogP contribution < -0.4 is 0 Å². The van der Waals surface area contributed by atoms with Crippen molar-refractivity contribution in [2.24, 2.45) is 0 Å². The second-order valence-electron chi connectivity index (χ2n) is 6.30. The van der Waals surface area contributed by atoms with Gasteiger partial charge in [0.05, 0.1) is 0 Å². The van der Waals surface area contributed by atoms with Gasteiger partial charge in [-0.15, -0.1) is 11.3 Å². The van der Waals surface area contributed by atoms with E-state index in [1.54, 1.807) is 0 Å². The van der Waals surface area contributed by atoms with E-state index < -0.39 is 0 Å². The summed E-state index contributed by atoms with van der Waals surface area (Å²) in [6.07, 6.45) is 6.41. The largest absolute Gasteiger partial charge is 0.135 e. The third kappa shape index (κ3) is 3.14. The Hall–Kier alpha value is -2.90. The Labute approximate surface area is 158 Å². The number of benzene rings is 3. The van der Waals surface area contributed by atoms with Gasteiger partial charge in [-0.3, -0.25) is 0 Å². The standard InChI is InChI=1S/C25H20S/c1-3-9-20(16-18(2)19-10-5-4-6-11-19)21-14-15-25-23(17-21)22-12-7-8-13-24(22)26-25/h3-17H,2H2,1H3/b9-3-,20-16+. The molecule has 0 N–H and O–H groups in total. The summed E-state index contributed by atoms with van der Waals surface area (Å²) in [5.74, 6) is 0. The monoisotopic (exact) mass is 352 g/mol. The fourth-order valence-electron chi connectivity index (χ4n) is 3.24. The number of allylic oxidation sites excluding steroid dienone is 5. The minimum absolute atomic E-state index is 1.02. The first-order chi connectivity index (χ1) is 12.8. The van der Waals surface area contributed by atoms with Gasteiger partial charge in [0.2, 0.25) is 0 Å². The molecule has 0 nitrogen and oxygen atoms in total. The molecule has 3 aromatic carbocycles. The van der Waals surface area contributed by atoms with Crippen molar-refractivity contribution in [3.63, 3.8) is 0 Å². The number of hydrogen-bond donors (Lipinski definition) is 0. The summed E-state index contributed by atoms with van der Waals surface area (Å²) in [4.78, 5) is 0. The Kier molecular flexibility index (Phi) is 4.55. The molecule has 4 rings (SSSR count). The Morgan fingerprint density at radius 3 is 2.35 bits per heavy atom. The molecule has 0 saturated heterocycles. The summed E-state index contributed by atoms with van der Waals surface area (Å²) >= 11 is 1.85.